The first-order valence-corrected chi connectivity index (χ1v) is 10.1. The van der Waals surface area contributed by atoms with Crippen LogP contribution in [0.25, 0.3) is 0 Å². The zero-order valence-electron chi connectivity index (χ0n) is 16.0. The summed E-state index contributed by atoms with van der Waals surface area (Å²) in [4.78, 5) is 27.3. The van der Waals surface area contributed by atoms with Gasteiger partial charge in [-0.3, -0.25) is 19.8 Å². The second-order valence-electron chi connectivity index (χ2n) is 6.96. The smallest absolute Gasteiger partial charge is 0.292 e. The highest BCUT2D eigenvalue weighted by atomic mass is 35.5. The summed E-state index contributed by atoms with van der Waals surface area (Å²) in [5.74, 6) is -0.0948. The number of nitrogens with one attached hydrogen (secondary N) is 1. The second kappa shape index (κ2) is 9.43. The van der Waals surface area contributed by atoms with Crippen LogP contribution in [-0.4, -0.2) is 48.5 Å². The summed E-state index contributed by atoms with van der Waals surface area (Å²) in [6, 6.07) is 11.7. The fraction of sp³-hybridized carbons (Fsp3) is 0.350. The highest BCUT2D eigenvalue weighted by molar-refractivity contribution is 6.35. The molecule has 1 fully saturated rings. The van der Waals surface area contributed by atoms with Gasteiger partial charge in [0.15, 0.2) is 0 Å². The third-order valence-electron chi connectivity index (χ3n) is 4.97. The molecule has 1 aliphatic rings. The average Bonchev–Trinajstić information content (AvgIpc) is 2.68. The molecule has 1 atom stereocenters. The molecule has 1 heterocycles. The first kappa shape index (κ1) is 21.4. The van der Waals surface area contributed by atoms with E-state index in [-0.39, 0.29) is 29.1 Å². The molecule has 29 heavy (non-hydrogen) atoms. The molecule has 0 aromatic heterocycles. The molecule has 1 N–H and O–H groups in total. The van der Waals surface area contributed by atoms with Crippen molar-refractivity contribution in [3.63, 3.8) is 0 Å². The minimum atomic E-state index is -0.363. The van der Waals surface area contributed by atoms with E-state index in [2.05, 4.69) is 5.32 Å². The maximum atomic E-state index is 12.4. The Morgan fingerprint density at radius 1 is 1.17 bits per heavy atom. The molecule has 0 spiro atoms. The standard InChI is InChI=1S/C20H22Cl2N4O3/c1-14(16-7-6-15(21)12-17(16)22)23-20(27)13-24-8-10-25(11-9-24)18-4-2-3-5-19(18)26(28)29/h2-7,12,14H,8-11,13H2,1H3,(H,23,27). The van der Waals surface area contributed by atoms with Crippen molar-refractivity contribution >= 4 is 40.5 Å². The number of nitrogens with zero attached hydrogens (tertiary/aromatic N) is 3. The van der Waals surface area contributed by atoms with Crippen LogP contribution in [0.1, 0.15) is 18.5 Å². The van der Waals surface area contributed by atoms with E-state index in [9.17, 15) is 14.9 Å². The van der Waals surface area contributed by atoms with Crippen molar-refractivity contribution in [1.29, 1.82) is 0 Å². The van der Waals surface area contributed by atoms with Crippen LogP contribution in [0.5, 0.6) is 0 Å². The van der Waals surface area contributed by atoms with Crippen molar-refractivity contribution in [2.75, 3.05) is 37.6 Å². The predicted octanol–water partition coefficient (Wildman–Crippen LogP) is 3.90. The third-order valence-corrected chi connectivity index (χ3v) is 5.53. The molecular weight excluding hydrogens is 415 g/mol. The molecule has 0 saturated carbocycles. The molecule has 0 bridgehead atoms. The Labute approximate surface area is 179 Å². The lowest BCUT2D eigenvalue weighted by Crippen LogP contribution is -2.49. The van der Waals surface area contributed by atoms with Crippen molar-refractivity contribution in [2.45, 2.75) is 13.0 Å². The molecule has 2 aromatic carbocycles. The molecule has 7 nitrogen and oxygen atoms in total. The number of anilines is 1. The minimum Gasteiger partial charge on any atom is -0.363 e. The summed E-state index contributed by atoms with van der Waals surface area (Å²) >= 11 is 12.1. The van der Waals surface area contributed by atoms with Crippen LogP contribution in [0.15, 0.2) is 42.5 Å². The number of halogens is 2. The van der Waals surface area contributed by atoms with Gasteiger partial charge in [-0.25, -0.2) is 0 Å². The van der Waals surface area contributed by atoms with Gasteiger partial charge in [0.2, 0.25) is 5.91 Å². The van der Waals surface area contributed by atoms with Gasteiger partial charge in [0.05, 0.1) is 17.5 Å². The number of amides is 1. The van der Waals surface area contributed by atoms with Crippen molar-refractivity contribution in [1.82, 2.24) is 10.2 Å². The minimum absolute atomic E-state index is 0.0948. The van der Waals surface area contributed by atoms with Crippen LogP contribution in [0, 0.1) is 10.1 Å². The Balaban J connectivity index is 1.53. The van der Waals surface area contributed by atoms with E-state index in [0.717, 1.165) is 5.56 Å². The summed E-state index contributed by atoms with van der Waals surface area (Å²) in [5.41, 5.74) is 1.53. The topological polar surface area (TPSA) is 78.7 Å². The summed E-state index contributed by atoms with van der Waals surface area (Å²) in [6.07, 6.45) is 0. The van der Waals surface area contributed by atoms with Gasteiger partial charge >= 0.3 is 0 Å². The van der Waals surface area contributed by atoms with E-state index in [0.29, 0.717) is 41.9 Å². The van der Waals surface area contributed by atoms with E-state index >= 15 is 0 Å². The van der Waals surface area contributed by atoms with Gasteiger partial charge in [-0.15, -0.1) is 0 Å². The molecule has 0 radical (unpaired) electrons. The number of hydrogen-bond acceptors (Lipinski definition) is 5. The molecule has 154 valence electrons. The van der Waals surface area contributed by atoms with Crippen LogP contribution < -0.4 is 10.2 Å². The quantitative estimate of drug-likeness (QED) is 0.548. The van der Waals surface area contributed by atoms with Crippen molar-refractivity contribution in [3.05, 3.63) is 68.2 Å². The first-order chi connectivity index (χ1) is 13.8. The molecule has 2 aromatic rings. The van der Waals surface area contributed by atoms with Crippen LogP contribution in [0.3, 0.4) is 0 Å². The average molecular weight is 437 g/mol. The number of nitro groups is 1. The van der Waals surface area contributed by atoms with Crippen molar-refractivity contribution in [3.8, 4) is 0 Å². The number of para-hydroxylation sites is 2. The zero-order valence-corrected chi connectivity index (χ0v) is 17.5. The predicted molar refractivity (Wildman–Crippen MR) is 115 cm³/mol. The largest absolute Gasteiger partial charge is 0.363 e. The molecule has 1 amide bonds. The van der Waals surface area contributed by atoms with E-state index in [1.165, 1.54) is 6.07 Å². The number of benzene rings is 2. The van der Waals surface area contributed by atoms with Crippen LogP contribution in [-0.2, 0) is 4.79 Å². The zero-order chi connectivity index (χ0) is 21.0. The maximum Gasteiger partial charge on any atom is 0.292 e. The van der Waals surface area contributed by atoms with Crippen LogP contribution >= 0.6 is 23.2 Å². The Morgan fingerprint density at radius 2 is 1.86 bits per heavy atom. The molecule has 0 aliphatic carbocycles. The maximum absolute atomic E-state index is 12.4. The lowest BCUT2D eigenvalue weighted by Gasteiger charge is -2.35. The van der Waals surface area contributed by atoms with Gasteiger partial charge < -0.3 is 10.2 Å². The van der Waals surface area contributed by atoms with Gasteiger partial charge in [0, 0.05) is 42.3 Å². The van der Waals surface area contributed by atoms with Crippen LogP contribution in [0.4, 0.5) is 11.4 Å². The lowest BCUT2D eigenvalue weighted by molar-refractivity contribution is -0.384. The Hall–Kier alpha value is -2.35. The van der Waals surface area contributed by atoms with E-state index in [1.54, 1.807) is 36.4 Å². The number of carbonyl (C=O) groups excluding carboxylic acids is 1. The normalized spacial score (nSPS) is 15.8. The Morgan fingerprint density at radius 3 is 2.52 bits per heavy atom. The summed E-state index contributed by atoms with van der Waals surface area (Å²) < 4.78 is 0. The van der Waals surface area contributed by atoms with Crippen LogP contribution in [0.2, 0.25) is 10.0 Å². The summed E-state index contributed by atoms with van der Waals surface area (Å²) in [5, 5.41) is 15.3. The highest BCUT2D eigenvalue weighted by Gasteiger charge is 2.24. The number of piperazine rings is 1. The number of carbonyl (C=O) groups is 1. The molecule has 1 saturated heterocycles. The van der Waals surface area contributed by atoms with Gasteiger partial charge in [0.25, 0.3) is 5.69 Å². The SMILES string of the molecule is CC(NC(=O)CN1CCN(c2ccccc2[N+](=O)[O-])CC1)c1ccc(Cl)cc1Cl. The monoisotopic (exact) mass is 436 g/mol. The fourth-order valence-electron chi connectivity index (χ4n) is 3.45. The Bertz CT molecular complexity index is 901. The summed E-state index contributed by atoms with van der Waals surface area (Å²) in [7, 11) is 0. The number of rotatable bonds is 6. The van der Waals surface area contributed by atoms with Crippen molar-refractivity contribution in [2.24, 2.45) is 0 Å². The second-order valence-corrected chi connectivity index (χ2v) is 7.81. The molecule has 1 unspecified atom stereocenters. The van der Waals surface area contributed by atoms with Gasteiger partial charge in [-0.1, -0.05) is 41.4 Å². The summed E-state index contributed by atoms with van der Waals surface area (Å²) in [6.45, 7) is 4.68. The van der Waals surface area contributed by atoms with E-state index in [4.69, 9.17) is 23.2 Å². The van der Waals surface area contributed by atoms with E-state index < -0.39 is 0 Å². The molecule has 1 aliphatic heterocycles. The lowest BCUT2D eigenvalue weighted by atomic mass is 10.1. The number of hydrogen-bond donors (Lipinski definition) is 1. The van der Waals surface area contributed by atoms with E-state index in [1.807, 2.05) is 16.7 Å². The fourth-order valence-corrected chi connectivity index (χ4v) is 4.03. The highest BCUT2D eigenvalue weighted by Crippen LogP contribution is 2.28. The molecule has 9 heteroatoms. The third kappa shape index (κ3) is 5.38. The van der Waals surface area contributed by atoms with Crippen molar-refractivity contribution < 1.29 is 9.72 Å². The number of nitro benzene ring substituents is 1. The van der Waals surface area contributed by atoms with Gasteiger partial charge in [-0.2, -0.15) is 0 Å². The van der Waals surface area contributed by atoms with Gasteiger partial charge in [0.1, 0.15) is 5.69 Å². The van der Waals surface area contributed by atoms with Gasteiger partial charge in [-0.05, 0) is 30.7 Å². The molecule has 3 rings (SSSR count). The molecular formula is C20H22Cl2N4O3. The Kier molecular flexibility index (Phi) is 6.95. The first-order valence-electron chi connectivity index (χ1n) is 9.30.